The topological polar surface area (TPSA) is 102 Å². The van der Waals surface area contributed by atoms with E-state index in [9.17, 15) is 14.7 Å². The van der Waals surface area contributed by atoms with Crippen LogP contribution in [0, 0.1) is 13.8 Å². The molecule has 0 atom stereocenters. The normalized spacial score (nSPS) is 10.9. The lowest BCUT2D eigenvalue weighted by Crippen LogP contribution is -2.29. The number of allylic oxidation sites excluding steroid dienone is 1. The Bertz CT molecular complexity index is 1370. The lowest BCUT2D eigenvalue weighted by Gasteiger charge is -2.14. The number of nitrogens with zero attached hydrogens (tertiary/aromatic N) is 4. The monoisotopic (exact) mass is 429 g/mol. The van der Waals surface area contributed by atoms with E-state index >= 15 is 0 Å². The van der Waals surface area contributed by atoms with Crippen molar-refractivity contribution in [3.05, 3.63) is 88.4 Å². The van der Waals surface area contributed by atoms with Crippen molar-refractivity contribution in [2.45, 2.75) is 26.8 Å². The Morgan fingerprint density at radius 2 is 1.81 bits per heavy atom. The van der Waals surface area contributed by atoms with E-state index in [1.807, 2.05) is 35.8 Å². The number of phenols is 1. The van der Waals surface area contributed by atoms with Gasteiger partial charge in [0.15, 0.2) is 5.82 Å². The minimum absolute atomic E-state index is 0.104. The summed E-state index contributed by atoms with van der Waals surface area (Å²) in [7, 11) is 0. The van der Waals surface area contributed by atoms with E-state index in [2.05, 4.69) is 22.0 Å². The SMILES string of the molecule is C=CCn1c(C)c(CC(=O)Nc2ccc(O)cc2)c(=O)n2nc(-c3ccc(C)cc3)nc12. The summed E-state index contributed by atoms with van der Waals surface area (Å²) in [6.07, 6.45) is 1.58. The molecule has 8 nitrogen and oxygen atoms in total. The van der Waals surface area contributed by atoms with Crippen LogP contribution < -0.4 is 10.9 Å². The van der Waals surface area contributed by atoms with Crippen LogP contribution in [0.5, 0.6) is 5.75 Å². The molecule has 4 rings (SSSR count). The number of fused-ring (bicyclic) bond motifs is 1. The molecule has 1 amide bonds. The highest BCUT2D eigenvalue weighted by Crippen LogP contribution is 2.19. The van der Waals surface area contributed by atoms with Crippen molar-refractivity contribution in [3.8, 4) is 17.1 Å². The second-order valence-corrected chi connectivity index (χ2v) is 7.55. The number of hydrogen-bond donors (Lipinski definition) is 2. The molecular formula is C24H23N5O3. The van der Waals surface area contributed by atoms with E-state index in [1.54, 1.807) is 25.1 Å². The summed E-state index contributed by atoms with van der Waals surface area (Å²) in [5.74, 6) is 0.585. The zero-order valence-electron chi connectivity index (χ0n) is 17.9. The van der Waals surface area contributed by atoms with Crippen LogP contribution in [-0.4, -0.2) is 30.2 Å². The summed E-state index contributed by atoms with van der Waals surface area (Å²) in [5, 5.41) is 16.6. The number of nitrogens with one attached hydrogen (secondary N) is 1. The Morgan fingerprint density at radius 1 is 1.12 bits per heavy atom. The van der Waals surface area contributed by atoms with Crippen molar-refractivity contribution in [1.29, 1.82) is 0 Å². The number of aryl methyl sites for hydroxylation is 1. The van der Waals surface area contributed by atoms with Crippen LogP contribution >= 0.6 is 0 Å². The van der Waals surface area contributed by atoms with Gasteiger partial charge in [0, 0.05) is 29.1 Å². The van der Waals surface area contributed by atoms with Crippen molar-refractivity contribution in [3.63, 3.8) is 0 Å². The minimum atomic E-state index is -0.385. The molecule has 0 unspecified atom stereocenters. The molecule has 0 bridgehead atoms. The molecule has 8 heteroatoms. The number of benzene rings is 2. The number of amides is 1. The van der Waals surface area contributed by atoms with Gasteiger partial charge in [-0.3, -0.25) is 9.59 Å². The summed E-state index contributed by atoms with van der Waals surface area (Å²) < 4.78 is 3.07. The number of carbonyl (C=O) groups excluding carboxylic acids is 1. The molecular weight excluding hydrogens is 406 g/mol. The van der Waals surface area contributed by atoms with Crippen LogP contribution in [0.3, 0.4) is 0 Å². The molecule has 162 valence electrons. The maximum Gasteiger partial charge on any atom is 0.279 e. The number of carbonyl (C=O) groups is 1. The molecule has 2 heterocycles. The first kappa shape index (κ1) is 21.0. The van der Waals surface area contributed by atoms with Gasteiger partial charge < -0.3 is 15.0 Å². The number of phenolic OH excluding ortho intramolecular Hbond substituents is 1. The average Bonchev–Trinajstić information content (AvgIpc) is 3.22. The Labute approximate surface area is 184 Å². The van der Waals surface area contributed by atoms with E-state index < -0.39 is 0 Å². The summed E-state index contributed by atoms with van der Waals surface area (Å²) >= 11 is 0. The summed E-state index contributed by atoms with van der Waals surface area (Å²) in [6.45, 7) is 7.99. The maximum atomic E-state index is 13.2. The van der Waals surface area contributed by atoms with Crippen molar-refractivity contribution in [1.82, 2.24) is 19.2 Å². The third-order valence-corrected chi connectivity index (χ3v) is 5.23. The minimum Gasteiger partial charge on any atom is -0.508 e. The van der Waals surface area contributed by atoms with Crippen LogP contribution in [0.2, 0.25) is 0 Å². The molecule has 2 aromatic heterocycles. The van der Waals surface area contributed by atoms with Crippen molar-refractivity contribution in [2.75, 3.05) is 5.32 Å². The molecule has 0 fully saturated rings. The smallest absolute Gasteiger partial charge is 0.279 e. The van der Waals surface area contributed by atoms with E-state index in [0.29, 0.717) is 35.1 Å². The molecule has 0 spiro atoms. The van der Waals surface area contributed by atoms with Gasteiger partial charge in [-0.05, 0) is 38.1 Å². The molecule has 2 aromatic carbocycles. The number of aromatic nitrogens is 4. The van der Waals surface area contributed by atoms with Gasteiger partial charge in [0.05, 0.1) is 6.42 Å². The van der Waals surface area contributed by atoms with E-state index in [1.165, 1.54) is 16.6 Å². The molecule has 0 aliphatic heterocycles. The lowest BCUT2D eigenvalue weighted by molar-refractivity contribution is -0.115. The Balaban J connectivity index is 1.76. The van der Waals surface area contributed by atoms with E-state index in [0.717, 1.165) is 11.1 Å². The Morgan fingerprint density at radius 3 is 2.47 bits per heavy atom. The zero-order valence-corrected chi connectivity index (χ0v) is 17.9. The molecule has 0 saturated heterocycles. The highest BCUT2D eigenvalue weighted by molar-refractivity contribution is 5.92. The van der Waals surface area contributed by atoms with E-state index in [4.69, 9.17) is 0 Å². The molecule has 0 aliphatic carbocycles. The van der Waals surface area contributed by atoms with Gasteiger partial charge in [-0.15, -0.1) is 11.7 Å². The van der Waals surface area contributed by atoms with Gasteiger partial charge in [-0.1, -0.05) is 35.9 Å². The summed E-state index contributed by atoms with van der Waals surface area (Å²) in [4.78, 5) is 30.5. The maximum absolute atomic E-state index is 13.2. The lowest BCUT2D eigenvalue weighted by atomic mass is 10.1. The molecule has 4 aromatic rings. The number of rotatable bonds is 6. The van der Waals surface area contributed by atoms with Gasteiger partial charge in [-0.2, -0.15) is 9.50 Å². The quantitative estimate of drug-likeness (QED) is 0.362. The van der Waals surface area contributed by atoms with Crippen molar-refractivity contribution < 1.29 is 9.90 Å². The molecule has 32 heavy (non-hydrogen) atoms. The average molecular weight is 429 g/mol. The first-order valence-electron chi connectivity index (χ1n) is 10.1. The Hall–Kier alpha value is -4.20. The standard InChI is InChI=1S/C24H23N5O3/c1-4-13-28-16(3)20(14-21(31)25-18-9-11-19(30)12-10-18)23(32)29-24(28)26-22(27-29)17-7-5-15(2)6-8-17/h4-12,30H,1,13-14H2,2-3H3,(H,25,31). The molecule has 0 aliphatic rings. The number of hydrogen-bond acceptors (Lipinski definition) is 5. The van der Waals surface area contributed by atoms with Crippen LogP contribution in [0.4, 0.5) is 5.69 Å². The second kappa shape index (κ2) is 8.50. The van der Waals surface area contributed by atoms with Crippen molar-refractivity contribution in [2.24, 2.45) is 0 Å². The number of anilines is 1. The van der Waals surface area contributed by atoms with Crippen LogP contribution in [0.1, 0.15) is 16.8 Å². The fourth-order valence-electron chi connectivity index (χ4n) is 3.50. The highest BCUT2D eigenvalue weighted by Gasteiger charge is 2.20. The van der Waals surface area contributed by atoms with Crippen LogP contribution in [0.15, 0.2) is 66.0 Å². The third kappa shape index (κ3) is 4.02. The highest BCUT2D eigenvalue weighted by atomic mass is 16.3. The number of aromatic hydroxyl groups is 1. The van der Waals surface area contributed by atoms with E-state index in [-0.39, 0.29) is 23.6 Å². The zero-order chi connectivity index (χ0) is 22.8. The first-order chi connectivity index (χ1) is 15.4. The fourth-order valence-corrected chi connectivity index (χ4v) is 3.50. The second-order valence-electron chi connectivity index (χ2n) is 7.55. The predicted octanol–water partition coefficient (Wildman–Crippen LogP) is 3.25. The van der Waals surface area contributed by atoms with Crippen LogP contribution in [0.25, 0.3) is 17.2 Å². The van der Waals surface area contributed by atoms with Gasteiger partial charge in [0.2, 0.25) is 11.7 Å². The third-order valence-electron chi connectivity index (χ3n) is 5.23. The van der Waals surface area contributed by atoms with Crippen molar-refractivity contribution >= 4 is 17.4 Å². The first-order valence-corrected chi connectivity index (χ1v) is 10.1. The summed E-state index contributed by atoms with van der Waals surface area (Å²) in [6, 6.07) is 13.9. The largest absolute Gasteiger partial charge is 0.508 e. The molecule has 2 N–H and O–H groups in total. The molecule has 0 radical (unpaired) electrons. The van der Waals surface area contributed by atoms with Gasteiger partial charge in [0.25, 0.3) is 5.56 Å². The van der Waals surface area contributed by atoms with Crippen LogP contribution in [-0.2, 0) is 17.8 Å². The Kier molecular flexibility index (Phi) is 5.59. The molecule has 0 saturated carbocycles. The summed E-state index contributed by atoms with van der Waals surface area (Å²) in [5.41, 5.74) is 3.02. The van der Waals surface area contributed by atoms with Gasteiger partial charge in [-0.25, -0.2) is 0 Å². The fraction of sp³-hybridized carbons (Fsp3) is 0.167. The van der Waals surface area contributed by atoms with Gasteiger partial charge >= 0.3 is 0 Å². The predicted molar refractivity (Wildman–Crippen MR) is 123 cm³/mol. The van der Waals surface area contributed by atoms with Gasteiger partial charge in [0.1, 0.15) is 5.75 Å².